The van der Waals surface area contributed by atoms with Crippen molar-refractivity contribution in [3.05, 3.63) is 70.8 Å². The van der Waals surface area contributed by atoms with Crippen LogP contribution in [0.15, 0.2) is 42.7 Å². The summed E-state index contributed by atoms with van der Waals surface area (Å²) in [6.45, 7) is 17.0. The summed E-state index contributed by atoms with van der Waals surface area (Å²) in [6.07, 6.45) is 3.29. The van der Waals surface area contributed by atoms with Gasteiger partial charge >= 0.3 is 12.7 Å². The molecule has 1 amide bonds. The first-order chi connectivity index (χ1) is 23.1. The second-order valence-electron chi connectivity index (χ2n) is 15.4. The minimum absolute atomic E-state index is 0.0248. The second kappa shape index (κ2) is 13.5. The molecular formula is C36H45ClF3N5O4Si. The Morgan fingerprint density at radius 1 is 1.10 bits per heavy atom. The smallest absolute Gasteiger partial charge is 0.408 e. The maximum atomic E-state index is 15.9. The van der Waals surface area contributed by atoms with Gasteiger partial charge in [-0.3, -0.25) is 0 Å². The molecule has 5 rings (SSSR count). The van der Waals surface area contributed by atoms with Crippen molar-refractivity contribution in [2.75, 3.05) is 0 Å². The number of halogens is 4. The van der Waals surface area contributed by atoms with Crippen molar-refractivity contribution in [2.24, 2.45) is 0 Å². The molecule has 4 aromatic rings. The monoisotopic (exact) mass is 731 g/mol. The highest BCUT2D eigenvalue weighted by atomic mass is 35.5. The molecule has 50 heavy (non-hydrogen) atoms. The number of alkyl halides is 2. The Labute approximate surface area is 297 Å². The van der Waals surface area contributed by atoms with Crippen molar-refractivity contribution in [1.29, 1.82) is 0 Å². The van der Waals surface area contributed by atoms with Crippen molar-refractivity contribution in [3.63, 3.8) is 0 Å². The highest BCUT2D eigenvalue weighted by molar-refractivity contribution is 6.74. The van der Waals surface area contributed by atoms with Crippen LogP contribution in [0, 0.1) is 5.82 Å². The number of ether oxygens (including phenoxy) is 2. The van der Waals surface area contributed by atoms with E-state index in [0.29, 0.717) is 34.7 Å². The first-order valence-electron chi connectivity index (χ1n) is 16.6. The largest absolute Gasteiger partial charge is 0.444 e. The fraction of sp³-hybridized carbons (Fsp3) is 0.500. The number of hydrogen-bond acceptors (Lipinski definition) is 7. The van der Waals surface area contributed by atoms with Crippen molar-refractivity contribution in [2.45, 2.75) is 116 Å². The van der Waals surface area contributed by atoms with Gasteiger partial charge in [-0.1, -0.05) is 45.4 Å². The molecule has 0 radical (unpaired) electrons. The van der Waals surface area contributed by atoms with Crippen LogP contribution in [0.3, 0.4) is 0 Å². The molecule has 0 bridgehead atoms. The lowest BCUT2D eigenvalue weighted by molar-refractivity contribution is -0.0506. The topological polar surface area (TPSA) is 100 Å². The van der Waals surface area contributed by atoms with E-state index in [1.54, 1.807) is 49.9 Å². The molecule has 2 aromatic heterocycles. The lowest BCUT2D eigenvalue weighted by Gasteiger charge is -2.43. The van der Waals surface area contributed by atoms with Crippen molar-refractivity contribution < 1.29 is 31.9 Å². The van der Waals surface area contributed by atoms with E-state index in [-0.39, 0.29) is 33.4 Å². The van der Waals surface area contributed by atoms with Crippen LogP contribution in [0.2, 0.25) is 23.2 Å². The Morgan fingerprint density at radius 3 is 2.34 bits per heavy atom. The predicted octanol–water partition coefficient (Wildman–Crippen LogP) is 10.1. The summed E-state index contributed by atoms with van der Waals surface area (Å²) in [4.78, 5) is 26.9. The Morgan fingerprint density at radius 2 is 1.76 bits per heavy atom. The molecule has 270 valence electrons. The van der Waals surface area contributed by atoms with Gasteiger partial charge in [0, 0.05) is 46.6 Å². The SMILES string of the molecule is CCC(C)(O[Si](C)(C)C(C)(C)C)c1ncc(-c2cc3c(cc2F)nc2n3[C@@H](c3c(Cl)cccc3OC(F)F)C[C@H]2NC(=O)OC(C)(C)C)cn1. The number of amides is 1. The number of hydrogen-bond donors (Lipinski definition) is 1. The molecule has 1 N–H and O–H groups in total. The molecule has 1 aliphatic heterocycles. The minimum Gasteiger partial charge on any atom is -0.444 e. The molecular weight excluding hydrogens is 687 g/mol. The summed E-state index contributed by atoms with van der Waals surface area (Å²) in [7, 11) is -2.19. The van der Waals surface area contributed by atoms with Gasteiger partial charge in [-0.2, -0.15) is 8.78 Å². The number of carbonyl (C=O) groups excluding carboxylic acids is 1. The van der Waals surface area contributed by atoms with E-state index in [1.807, 2.05) is 13.8 Å². The Kier molecular flexibility index (Phi) is 10.1. The van der Waals surface area contributed by atoms with E-state index < -0.39 is 50.1 Å². The predicted molar refractivity (Wildman–Crippen MR) is 190 cm³/mol. The van der Waals surface area contributed by atoms with Gasteiger partial charge in [0.15, 0.2) is 14.1 Å². The lowest BCUT2D eigenvalue weighted by Crippen LogP contribution is -2.47. The van der Waals surface area contributed by atoms with Gasteiger partial charge in [-0.15, -0.1) is 0 Å². The number of imidazole rings is 1. The first kappa shape index (κ1) is 37.6. The van der Waals surface area contributed by atoms with Crippen LogP contribution in [0.25, 0.3) is 22.2 Å². The zero-order valence-corrected chi connectivity index (χ0v) is 31.9. The van der Waals surface area contributed by atoms with E-state index in [9.17, 15) is 13.6 Å². The van der Waals surface area contributed by atoms with E-state index in [1.165, 1.54) is 18.2 Å². The van der Waals surface area contributed by atoms with Crippen LogP contribution in [-0.2, 0) is 14.8 Å². The highest BCUT2D eigenvalue weighted by Crippen LogP contribution is 2.47. The zero-order chi connectivity index (χ0) is 37.0. The van der Waals surface area contributed by atoms with Gasteiger partial charge in [0.1, 0.15) is 28.6 Å². The van der Waals surface area contributed by atoms with Crippen LogP contribution < -0.4 is 10.1 Å². The molecule has 3 atom stereocenters. The molecule has 9 nitrogen and oxygen atoms in total. The molecule has 0 saturated heterocycles. The number of alkyl carbamates (subject to hydrolysis) is 1. The minimum atomic E-state index is -3.10. The zero-order valence-electron chi connectivity index (χ0n) is 30.1. The number of aromatic nitrogens is 4. The quantitative estimate of drug-likeness (QED) is 0.171. The molecule has 0 saturated carbocycles. The van der Waals surface area contributed by atoms with Crippen LogP contribution in [0.5, 0.6) is 5.75 Å². The molecule has 1 unspecified atom stereocenters. The number of rotatable bonds is 9. The average molecular weight is 732 g/mol. The summed E-state index contributed by atoms with van der Waals surface area (Å²) < 4.78 is 61.9. The Balaban J connectivity index is 1.61. The second-order valence-corrected chi connectivity index (χ2v) is 20.5. The van der Waals surface area contributed by atoms with Gasteiger partial charge in [-0.25, -0.2) is 24.1 Å². The van der Waals surface area contributed by atoms with Gasteiger partial charge in [0.05, 0.1) is 23.1 Å². The number of carbonyl (C=O) groups is 1. The summed E-state index contributed by atoms with van der Waals surface area (Å²) in [5.41, 5.74) is 0.179. The van der Waals surface area contributed by atoms with Gasteiger partial charge < -0.3 is 23.8 Å². The Bertz CT molecular complexity index is 1890. The molecule has 2 aromatic carbocycles. The van der Waals surface area contributed by atoms with E-state index >= 15 is 4.39 Å². The fourth-order valence-corrected chi connectivity index (χ4v) is 7.92. The standard InChI is InChI=1S/C36H45ClF3N5O4Si/c1-11-36(8,49-50(9,10)35(5,6)7)31-41-18-20(19-42-31)21-15-26-24(16-23(21)38)43-30-25(44-33(46)48-34(2,3)4)17-27(45(26)30)29-22(37)13-12-14-28(29)47-32(39)40/h12-16,18-19,25,27,32H,11,17H2,1-10H3,(H,44,46)/t25-,27-,36?/m1/s1. The first-order valence-corrected chi connectivity index (χ1v) is 19.9. The maximum Gasteiger partial charge on any atom is 0.408 e. The fourth-order valence-electron chi connectivity index (χ4n) is 5.96. The van der Waals surface area contributed by atoms with Gasteiger partial charge in [0.25, 0.3) is 0 Å². The summed E-state index contributed by atoms with van der Waals surface area (Å²) >= 11 is 6.64. The van der Waals surface area contributed by atoms with E-state index in [0.717, 1.165) is 0 Å². The van der Waals surface area contributed by atoms with Gasteiger partial charge in [-0.05, 0) is 70.4 Å². The number of benzene rings is 2. The Hall–Kier alpha value is -3.68. The summed E-state index contributed by atoms with van der Waals surface area (Å²) in [6, 6.07) is 5.98. The molecule has 0 aliphatic carbocycles. The highest BCUT2D eigenvalue weighted by Gasteiger charge is 2.44. The maximum absolute atomic E-state index is 15.9. The van der Waals surface area contributed by atoms with Crippen LogP contribution in [-0.4, -0.2) is 46.1 Å². The van der Waals surface area contributed by atoms with Crippen LogP contribution in [0.1, 0.15) is 97.5 Å². The van der Waals surface area contributed by atoms with Crippen molar-refractivity contribution in [3.8, 4) is 16.9 Å². The van der Waals surface area contributed by atoms with E-state index in [4.69, 9.17) is 30.5 Å². The normalized spacial score (nSPS) is 17.9. The van der Waals surface area contributed by atoms with Crippen molar-refractivity contribution in [1.82, 2.24) is 24.8 Å². The van der Waals surface area contributed by atoms with Crippen LogP contribution in [0.4, 0.5) is 18.0 Å². The third-order valence-electron chi connectivity index (χ3n) is 9.54. The molecule has 14 heteroatoms. The lowest BCUT2D eigenvalue weighted by atomic mass is 10.0. The number of nitrogens with zero attached hydrogens (tertiary/aromatic N) is 4. The molecule has 3 heterocycles. The third-order valence-corrected chi connectivity index (χ3v) is 14.4. The van der Waals surface area contributed by atoms with E-state index in [2.05, 4.69) is 49.1 Å². The third kappa shape index (κ3) is 7.50. The van der Waals surface area contributed by atoms with Crippen molar-refractivity contribution >= 4 is 37.0 Å². The van der Waals surface area contributed by atoms with Gasteiger partial charge in [0.2, 0.25) is 0 Å². The summed E-state index contributed by atoms with van der Waals surface area (Å²) in [5.74, 6) is 0.202. The summed E-state index contributed by atoms with van der Waals surface area (Å²) in [5, 5.41) is 3.00. The molecule has 0 spiro atoms. The number of nitrogens with one attached hydrogen (secondary N) is 1. The molecule has 0 fully saturated rings. The molecule has 1 aliphatic rings. The van der Waals surface area contributed by atoms with Crippen LogP contribution >= 0.6 is 11.6 Å². The number of fused-ring (bicyclic) bond motifs is 3. The average Bonchev–Trinajstić information content (AvgIpc) is 3.51.